The Hall–Kier alpha value is -2.27. The molecule has 2 amide bonds. The lowest BCUT2D eigenvalue weighted by atomic mass is 9.84. The molecule has 0 spiro atoms. The van der Waals surface area contributed by atoms with Gasteiger partial charge in [0, 0.05) is 17.6 Å². The number of carbonyl (C=O) groups is 2. The van der Waals surface area contributed by atoms with Gasteiger partial charge in [-0.05, 0) is 37.1 Å². The number of benzene rings is 2. The van der Waals surface area contributed by atoms with Gasteiger partial charge in [0.15, 0.2) is 0 Å². The Labute approximate surface area is 166 Å². The van der Waals surface area contributed by atoms with Gasteiger partial charge in [-0.1, -0.05) is 55.8 Å². The quantitative estimate of drug-likeness (QED) is 0.721. The van der Waals surface area contributed by atoms with Crippen LogP contribution in [0.1, 0.15) is 30.5 Å². The smallest absolute Gasteiger partial charge is 0.234 e. The van der Waals surface area contributed by atoms with E-state index in [1.807, 2.05) is 37.3 Å². The van der Waals surface area contributed by atoms with E-state index >= 15 is 0 Å². The Morgan fingerprint density at radius 2 is 1.56 bits per heavy atom. The third kappa shape index (κ3) is 7.10. The zero-order valence-corrected chi connectivity index (χ0v) is 17.3. The summed E-state index contributed by atoms with van der Waals surface area (Å²) >= 11 is 1.32. The summed E-state index contributed by atoms with van der Waals surface area (Å²) in [7, 11) is 0. The lowest BCUT2D eigenvalue weighted by molar-refractivity contribution is -0.118. The van der Waals surface area contributed by atoms with Crippen LogP contribution in [0.4, 0.5) is 5.69 Å². The molecule has 0 unspecified atom stereocenters. The van der Waals surface area contributed by atoms with Crippen molar-refractivity contribution in [3.63, 3.8) is 0 Å². The number of hydrogen-bond donors (Lipinski definition) is 2. The van der Waals surface area contributed by atoms with Crippen LogP contribution in [0.2, 0.25) is 0 Å². The Morgan fingerprint density at radius 3 is 2.22 bits per heavy atom. The monoisotopic (exact) mass is 384 g/mol. The summed E-state index contributed by atoms with van der Waals surface area (Å²) in [5.74, 6) is 0.371. The number of thioether (sulfide) groups is 1. The molecule has 2 rings (SSSR count). The van der Waals surface area contributed by atoms with Gasteiger partial charge in [-0.3, -0.25) is 9.59 Å². The van der Waals surface area contributed by atoms with E-state index in [4.69, 9.17) is 0 Å². The lowest BCUT2D eigenvalue weighted by Gasteiger charge is -2.26. The van der Waals surface area contributed by atoms with Gasteiger partial charge in [0.25, 0.3) is 0 Å². The van der Waals surface area contributed by atoms with Crippen LogP contribution in [0.3, 0.4) is 0 Å². The third-order valence-electron chi connectivity index (χ3n) is 4.30. The summed E-state index contributed by atoms with van der Waals surface area (Å²) in [6, 6.07) is 16.0. The first-order valence-electron chi connectivity index (χ1n) is 9.04. The molecule has 0 saturated heterocycles. The topological polar surface area (TPSA) is 58.2 Å². The van der Waals surface area contributed by atoms with Gasteiger partial charge in [-0.2, -0.15) is 0 Å². The van der Waals surface area contributed by atoms with Crippen LogP contribution < -0.4 is 10.6 Å². The van der Waals surface area contributed by atoms with E-state index in [2.05, 4.69) is 49.6 Å². The lowest BCUT2D eigenvalue weighted by Crippen LogP contribution is -2.37. The van der Waals surface area contributed by atoms with Gasteiger partial charge in [0.1, 0.15) is 0 Å². The fraction of sp³-hybridized carbons (Fsp3) is 0.364. The number of amides is 2. The Kier molecular flexibility index (Phi) is 7.48. The van der Waals surface area contributed by atoms with Crippen molar-refractivity contribution in [3.05, 3.63) is 65.2 Å². The summed E-state index contributed by atoms with van der Waals surface area (Å²) in [6.07, 6.45) is 0. The fourth-order valence-corrected chi connectivity index (χ4v) is 3.34. The maximum Gasteiger partial charge on any atom is 0.234 e. The maximum absolute atomic E-state index is 12.1. The number of carbonyl (C=O) groups excluding carboxylic acids is 2. The summed E-state index contributed by atoms with van der Waals surface area (Å²) in [5, 5.41) is 5.83. The first-order valence-corrected chi connectivity index (χ1v) is 10.2. The average molecular weight is 385 g/mol. The molecule has 0 fully saturated rings. The van der Waals surface area contributed by atoms with E-state index in [1.54, 1.807) is 0 Å². The van der Waals surface area contributed by atoms with Gasteiger partial charge in [0.05, 0.1) is 11.5 Å². The van der Waals surface area contributed by atoms with Crippen molar-refractivity contribution in [1.29, 1.82) is 0 Å². The standard InChI is InChI=1S/C22H28N2O2S/c1-16-7-5-9-18(11-16)22(3,4)15-23-20(25)13-27-14-21(26)24-19-10-6-8-17(2)12-19/h5-12H,13-15H2,1-4H3,(H,23,25)(H,24,26). The molecule has 0 aliphatic rings. The molecule has 144 valence electrons. The van der Waals surface area contributed by atoms with E-state index in [9.17, 15) is 9.59 Å². The van der Waals surface area contributed by atoms with Crippen molar-refractivity contribution in [1.82, 2.24) is 5.32 Å². The minimum Gasteiger partial charge on any atom is -0.355 e. The first-order chi connectivity index (χ1) is 12.8. The Bertz CT molecular complexity index is 802. The predicted octanol–water partition coefficient (Wildman–Crippen LogP) is 4.07. The molecule has 0 atom stereocenters. The molecule has 2 N–H and O–H groups in total. The number of rotatable bonds is 8. The highest BCUT2D eigenvalue weighted by Crippen LogP contribution is 2.23. The molecule has 2 aromatic rings. The number of aryl methyl sites for hydroxylation is 2. The highest BCUT2D eigenvalue weighted by atomic mass is 32.2. The molecule has 0 aromatic heterocycles. The van der Waals surface area contributed by atoms with E-state index in [0.717, 1.165) is 11.3 Å². The van der Waals surface area contributed by atoms with Gasteiger partial charge < -0.3 is 10.6 Å². The number of nitrogens with one attached hydrogen (secondary N) is 2. The van der Waals surface area contributed by atoms with Crippen molar-refractivity contribution < 1.29 is 9.59 Å². The molecule has 0 saturated carbocycles. The van der Waals surface area contributed by atoms with Crippen LogP contribution in [0.15, 0.2) is 48.5 Å². The van der Waals surface area contributed by atoms with Gasteiger partial charge in [0.2, 0.25) is 11.8 Å². The second kappa shape index (κ2) is 9.60. The molecular formula is C22H28N2O2S. The van der Waals surface area contributed by atoms with Crippen LogP contribution in [0, 0.1) is 13.8 Å². The van der Waals surface area contributed by atoms with Crippen molar-refractivity contribution in [3.8, 4) is 0 Å². The van der Waals surface area contributed by atoms with E-state index < -0.39 is 0 Å². The van der Waals surface area contributed by atoms with Crippen molar-refractivity contribution in [2.24, 2.45) is 0 Å². The highest BCUT2D eigenvalue weighted by molar-refractivity contribution is 8.00. The molecule has 0 aliphatic carbocycles. The van der Waals surface area contributed by atoms with E-state index in [1.165, 1.54) is 22.9 Å². The molecular weight excluding hydrogens is 356 g/mol. The highest BCUT2D eigenvalue weighted by Gasteiger charge is 2.21. The van der Waals surface area contributed by atoms with Crippen LogP contribution in [0.25, 0.3) is 0 Å². The summed E-state index contributed by atoms with van der Waals surface area (Å²) in [5.41, 5.74) is 4.14. The van der Waals surface area contributed by atoms with Crippen LogP contribution in [-0.2, 0) is 15.0 Å². The normalized spacial score (nSPS) is 11.1. The molecule has 0 aliphatic heterocycles. The third-order valence-corrected chi connectivity index (χ3v) is 5.23. The van der Waals surface area contributed by atoms with Crippen molar-refractivity contribution in [2.75, 3.05) is 23.4 Å². The summed E-state index contributed by atoms with van der Waals surface area (Å²) in [4.78, 5) is 24.1. The zero-order valence-electron chi connectivity index (χ0n) is 16.5. The average Bonchev–Trinajstić information content (AvgIpc) is 2.60. The first kappa shape index (κ1) is 21.0. The van der Waals surface area contributed by atoms with Gasteiger partial charge in [-0.25, -0.2) is 0 Å². The van der Waals surface area contributed by atoms with Gasteiger partial charge >= 0.3 is 0 Å². The van der Waals surface area contributed by atoms with Crippen LogP contribution in [-0.4, -0.2) is 29.9 Å². The molecule has 0 heterocycles. The predicted molar refractivity (Wildman–Crippen MR) is 114 cm³/mol. The maximum atomic E-state index is 12.1. The Balaban J connectivity index is 1.72. The molecule has 5 heteroatoms. The molecule has 0 radical (unpaired) electrons. The van der Waals surface area contributed by atoms with E-state index in [0.29, 0.717) is 6.54 Å². The van der Waals surface area contributed by atoms with Crippen molar-refractivity contribution >= 4 is 29.3 Å². The zero-order chi connectivity index (χ0) is 19.9. The largest absolute Gasteiger partial charge is 0.355 e. The molecule has 4 nitrogen and oxygen atoms in total. The van der Waals surface area contributed by atoms with Crippen LogP contribution >= 0.6 is 11.8 Å². The minimum atomic E-state index is -0.144. The minimum absolute atomic E-state index is 0.0518. The summed E-state index contributed by atoms with van der Waals surface area (Å²) < 4.78 is 0. The molecule has 27 heavy (non-hydrogen) atoms. The molecule has 2 aromatic carbocycles. The van der Waals surface area contributed by atoms with Crippen molar-refractivity contribution in [2.45, 2.75) is 33.1 Å². The Morgan fingerprint density at radius 1 is 0.926 bits per heavy atom. The molecule has 0 bridgehead atoms. The van der Waals surface area contributed by atoms with Gasteiger partial charge in [-0.15, -0.1) is 11.8 Å². The number of hydrogen-bond acceptors (Lipinski definition) is 3. The fourth-order valence-electron chi connectivity index (χ4n) is 2.69. The van der Waals surface area contributed by atoms with Crippen LogP contribution in [0.5, 0.6) is 0 Å². The summed E-state index contributed by atoms with van der Waals surface area (Å²) in [6.45, 7) is 8.84. The second-order valence-corrected chi connectivity index (χ2v) is 8.43. The second-order valence-electron chi connectivity index (χ2n) is 7.44. The van der Waals surface area contributed by atoms with E-state index in [-0.39, 0.29) is 28.7 Å². The number of anilines is 1. The SMILES string of the molecule is Cc1cccc(NC(=O)CSCC(=O)NCC(C)(C)c2cccc(C)c2)c1.